The fourth-order valence-corrected chi connectivity index (χ4v) is 2.38. The van der Waals surface area contributed by atoms with Crippen molar-refractivity contribution in [2.75, 3.05) is 46.8 Å². The summed E-state index contributed by atoms with van der Waals surface area (Å²) in [6.07, 6.45) is 2.04. The summed E-state index contributed by atoms with van der Waals surface area (Å²) in [6, 6.07) is 3.98. The molecule has 6 heteroatoms. The van der Waals surface area contributed by atoms with E-state index in [0.29, 0.717) is 13.2 Å². The van der Waals surface area contributed by atoms with E-state index in [1.807, 2.05) is 18.4 Å². The van der Waals surface area contributed by atoms with Gasteiger partial charge in [0.05, 0.1) is 34.0 Å². The van der Waals surface area contributed by atoms with E-state index in [1.54, 1.807) is 26.0 Å². The third kappa shape index (κ3) is 5.20. The summed E-state index contributed by atoms with van der Waals surface area (Å²) in [4.78, 5) is 1.16. The van der Waals surface area contributed by atoms with Gasteiger partial charge in [0.2, 0.25) is 0 Å². The molecular formula is C14H23NO4S. The zero-order valence-electron chi connectivity index (χ0n) is 12.3. The molecule has 0 aliphatic carbocycles. The van der Waals surface area contributed by atoms with Crippen LogP contribution in [0.3, 0.4) is 0 Å². The van der Waals surface area contributed by atoms with E-state index < -0.39 is 0 Å². The van der Waals surface area contributed by atoms with Crippen molar-refractivity contribution < 1.29 is 19.3 Å². The number of nitrogens with one attached hydrogen (secondary N) is 1. The van der Waals surface area contributed by atoms with Gasteiger partial charge >= 0.3 is 0 Å². The number of benzene rings is 1. The summed E-state index contributed by atoms with van der Waals surface area (Å²) in [5, 5.41) is 11.9. The van der Waals surface area contributed by atoms with Gasteiger partial charge in [-0.3, -0.25) is 0 Å². The molecule has 0 saturated heterocycles. The molecular weight excluding hydrogens is 278 g/mol. The van der Waals surface area contributed by atoms with Gasteiger partial charge in [-0.2, -0.15) is 0 Å². The Balaban J connectivity index is 2.59. The zero-order chi connectivity index (χ0) is 14.8. The SMILES string of the molecule is COc1cc(CNCCOCCO)c(SC)cc1OC. The zero-order valence-corrected chi connectivity index (χ0v) is 13.1. The van der Waals surface area contributed by atoms with Crippen LogP contribution in [0.25, 0.3) is 0 Å². The van der Waals surface area contributed by atoms with Crippen LogP contribution >= 0.6 is 11.8 Å². The van der Waals surface area contributed by atoms with Crippen molar-refractivity contribution in [3.05, 3.63) is 17.7 Å². The molecule has 0 amide bonds. The molecule has 2 N–H and O–H groups in total. The molecule has 0 unspecified atom stereocenters. The number of methoxy groups -OCH3 is 2. The van der Waals surface area contributed by atoms with E-state index >= 15 is 0 Å². The van der Waals surface area contributed by atoms with Crippen molar-refractivity contribution in [2.45, 2.75) is 11.4 Å². The van der Waals surface area contributed by atoms with Crippen LogP contribution in [0.5, 0.6) is 11.5 Å². The lowest BCUT2D eigenvalue weighted by Gasteiger charge is -2.14. The van der Waals surface area contributed by atoms with Gasteiger partial charge in [-0.05, 0) is 24.0 Å². The van der Waals surface area contributed by atoms with Crippen molar-refractivity contribution >= 4 is 11.8 Å². The lowest BCUT2D eigenvalue weighted by atomic mass is 10.2. The molecule has 5 nitrogen and oxygen atoms in total. The van der Waals surface area contributed by atoms with Gasteiger partial charge in [0.25, 0.3) is 0 Å². The molecule has 0 heterocycles. The van der Waals surface area contributed by atoms with Crippen LogP contribution in [0.1, 0.15) is 5.56 Å². The molecule has 0 fully saturated rings. The largest absolute Gasteiger partial charge is 0.493 e. The number of hydrogen-bond acceptors (Lipinski definition) is 6. The summed E-state index contributed by atoms with van der Waals surface area (Å²) in [7, 11) is 3.27. The smallest absolute Gasteiger partial charge is 0.161 e. The molecule has 1 aromatic carbocycles. The Morgan fingerprint density at radius 1 is 1.15 bits per heavy atom. The number of rotatable bonds is 10. The molecule has 0 atom stereocenters. The molecule has 0 saturated carbocycles. The number of hydrogen-bond donors (Lipinski definition) is 2. The Kier molecular flexibility index (Phi) is 8.45. The third-order valence-electron chi connectivity index (χ3n) is 2.76. The van der Waals surface area contributed by atoms with Gasteiger partial charge in [0.1, 0.15) is 0 Å². The fraction of sp³-hybridized carbons (Fsp3) is 0.571. The molecule has 0 aromatic heterocycles. The molecule has 0 bridgehead atoms. The van der Waals surface area contributed by atoms with E-state index in [-0.39, 0.29) is 6.61 Å². The second-order valence-corrected chi connectivity index (χ2v) is 4.88. The molecule has 0 spiro atoms. The average Bonchev–Trinajstić information content (AvgIpc) is 2.49. The van der Waals surface area contributed by atoms with E-state index in [1.165, 1.54) is 0 Å². The topological polar surface area (TPSA) is 60.0 Å². The highest BCUT2D eigenvalue weighted by Crippen LogP contribution is 2.34. The maximum atomic E-state index is 8.60. The monoisotopic (exact) mass is 301 g/mol. The summed E-state index contributed by atoms with van der Waals surface area (Å²) in [5.41, 5.74) is 1.16. The van der Waals surface area contributed by atoms with Crippen LogP contribution in [0, 0.1) is 0 Å². The standard InChI is InChI=1S/C14H23NO4S/c1-17-12-8-11(10-15-4-6-19-7-5-16)14(20-3)9-13(12)18-2/h8-9,15-16H,4-7,10H2,1-3H3. The average molecular weight is 301 g/mol. The first-order valence-electron chi connectivity index (χ1n) is 6.45. The predicted molar refractivity (Wildman–Crippen MR) is 80.9 cm³/mol. The van der Waals surface area contributed by atoms with E-state index in [9.17, 15) is 0 Å². The maximum absolute atomic E-state index is 8.60. The Morgan fingerprint density at radius 3 is 2.45 bits per heavy atom. The number of aliphatic hydroxyl groups is 1. The first-order chi connectivity index (χ1) is 9.76. The highest BCUT2D eigenvalue weighted by atomic mass is 32.2. The van der Waals surface area contributed by atoms with Crippen LogP contribution in [0.2, 0.25) is 0 Å². The van der Waals surface area contributed by atoms with Gasteiger partial charge < -0.3 is 24.6 Å². The minimum atomic E-state index is 0.0618. The van der Waals surface area contributed by atoms with Gasteiger partial charge in [-0.1, -0.05) is 0 Å². The first kappa shape index (κ1) is 17.1. The molecule has 1 aromatic rings. The van der Waals surface area contributed by atoms with Crippen LogP contribution < -0.4 is 14.8 Å². The molecule has 0 radical (unpaired) electrons. The molecule has 0 aliphatic rings. The maximum Gasteiger partial charge on any atom is 0.161 e. The van der Waals surface area contributed by atoms with Crippen molar-refractivity contribution in [1.82, 2.24) is 5.32 Å². The van der Waals surface area contributed by atoms with Crippen molar-refractivity contribution in [3.63, 3.8) is 0 Å². The van der Waals surface area contributed by atoms with Gasteiger partial charge in [-0.15, -0.1) is 11.8 Å². The quantitative estimate of drug-likeness (QED) is 0.505. The van der Waals surface area contributed by atoms with Crippen LogP contribution in [0.15, 0.2) is 17.0 Å². The van der Waals surface area contributed by atoms with Crippen LogP contribution in [-0.2, 0) is 11.3 Å². The fourth-order valence-electron chi connectivity index (χ4n) is 1.76. The van der Waals surface area contributed by atoms with Gasteiger partial charge in [-0.25, -0.2) is 0 Å². The van der Waals surface area contributed by atoms with Gasteiger partial charge in [0.15, 0.2) is 11.5 Å². The van der Waals surface area contributed by atoms with E-state index in [4.69, 9.17) is 19.3 Å². The van der Waals surface area contributed by atoms with Gasteiger partial charge in [0, 0.05) is 18.0 Å². The van der Waals surface area contributed by atoms with Crippen molar-refractivity contribution in [1.29, 1.82) is 0 Å². The van der Waals surface area contributed by atoms with E-state index in [0.717, 1.165) is 35.0 Å². The normalized spacial score (nSPS) is 10.6. The molecule has 0 aliphatic heterocycles. The summed E-state index contributed by atoms with van der Waals surface area (Å²) in [6.45, 7) is 2.50. The Bertz CT molecular complexity index is 401. The van der Waals surface area contributed by atoms with E-state index in [2.05, 4.69) is 5.32 Å². The highest BCUT2D eigenvalue weighted by Gasteiger charge is 2.10. The predicted octanol–water partition coefficient (Wildman–Crippen LogP) is 1.52. The lowest BCUT2D eigenvalue weighted by molar-refractivity contribution is 0.0938. The van der Waals surface area contributed by atoms with Crippen molar-refractivity contribution in [3.8, 4) is 11.5 Å². The number of thioether (sulfide) groups is 1. The van der Waals surface area contributed by atoms with Crippen LogP contribution in [0.4, 0.5) is 0 Å². The second kappa shape index (κ2) is 9.88. The highest BCUT2D eigenvalue weighted by molar-refractivity contribution is 7.98. The number of ether oxygens (including phenoxy) is 3. The minimum Gasteiger partial charge on any atom is -0.493 e. The summed E-state index contributed by atoms with van der Waals surface area (Å²) >= 11 is 1.68. The molecule has 114 valence electrons. The first-order valence-corrected chi connectivity index (χ1v) is 7.67. The summed E-state index contributed by atoms with van der Waals surface area (Å²) < 4.78 is 15.8. The molecule has 20 heavy (non-hydrogen) atoms. The lowest BCUT2D eigenvalue weighted by Crippen LogP contribution is -2.20. The third-order valence-corrected chi connectivity index (χ3v) is 3.58. The Labute approximate surface area is 124 Å². The minimum absolute atomic E-state index is 0.0618. The Hall–Kier alpha value is -0.950. The van der Waals surface area contributed by atoms with Crippen LogP contribution in [-0.4, -0.2) is 51.9 Å². The number of aliphatic hydroxyl groups excluding tert-OH is 1. The summed E-state index contributed by atoms with van der Waals surface area (Å²) in [5.74, 6) is 1.48. The molecule has 1 rings (SSSR count). The Morgan fingerprint density at radius 2 is 1.85 bits per heavy atom. The second-order valence-electron chi connectivity index (χ2n) is 4.03. The van der Waals surface area contributed by atoms with Crippen molar-refractivity contribution in [2.24, 2.45) is 0 Å².